The molecule has 0 radical (unpaired) electrons. The van der Waals surface area contributed by atoms with Crippen molar-refractivity contribution in [2.24, 2.45) is 0 Å². The Bertz CT molecular complexity index is 1150. The van der Waals surface area contributed by atoms with Gasteiger partial charge in [-0.3, -0.25) is 14.6 Å². The lowest BCUT2D eigenvalue weighted by Gasteiger charge is -2.30. The first-order valence-corrected chi connectivity index (χ1v) is 11.8. The molecule has 1 aliphatic rings. The number of hydrogen-bond acceptors (Lipinski definition) is 6. The fourth-order valence-electron chi connectivity index (χ4n) is 3.78. The molecule has 3 aromatic rings. The highest BCUT2D eigenvalue weighted by molar-refractivity contribution is 7.13. The van der Waals surface area contributed by atoms with Crippen molar-refractivity contribution in [2.75, 3.05) is 6.54 Å². The summed E-state index contributed by atoms with van der Waals surface area (Å²) in [4.78, 5) is 37.8. The smallest absolute Gasteiger partial charge is 0.266 e. The van der Waals surface area contributed by atoms with Crippen LogP contribution in [0.5, 0.6) is 0 Å². The third-order valence-corrected chi connectivity index (χ3v) is 7.26. The molecule has 0 aliphatic carbocycles. The van der Waals surface area contributed by atoms with Gasteiger partial charge in [-0.1, -0.05) is 6.07 Å². The van der Waals surface area contributed by atoms with E-state index in [9.17, 15) is 9.59 Å². The fourth-order valence-corrected chi connectivity index (χ4v) is 5.29. The Morgan fingerprint density at radius 1 is 1.26 bits per heavy atom. The van der Waals surface area contributed by atoms with Crippen LogP contribution in [0.2, 0.25) is 0 Å². The lowest BCUT2D eigenvalue weighted by atomic mass is 9.94. The van der Waals surface area contributed by atoms with Crippen LogP contribution in [0.15, 0.2) is 29.8 Å². The van der Waals surface area contributed by atoms with E-state index in [1.807, 2.05) is 55.5 Å². The highest BCUT2D eigenvalue weighted by atomic mass is 32.1. The first-order chi connectivity index (χ1) is 14.9. The molecule has 1 aliphatic heterocycles. The zero-order valence-electron chi connectivity index (χ0n) is 17.8. The standard InChI is InChI=1S/C23H24N4O2S2/c1-14-20(12-25-21(28)7-6-18-5-4-10-30-18)19-8-9-27(13-17(19)11-24-14)23(29)22-15(2)26-16(3)31-22/h4-7,10-11H,8-9,12-13H2,1-3H3,(H,25,28)/b7-6+. The van der Waals surface area contributed by atoms with Crippen LogP contribution in [0.4, 0.5) is 0 Å². The van der Waals surface area contributed by atoms with Crippen LogP contribution in [-0.4, -0.2) is 33.2 Å². The Morgan fingerprint density at radius 2 is 2.10 bits per heavy atom. The summed E-state index contributed by atoms with van der Waals surface area (Å²) in [5.74, 6) is -0.100. The van der Waals surface area contributed by atoms with E-state index in [4.69, 9.17) is 0 Å². The van der Waals surface area contributed by atoms with Crippen molar-refractivity contribution in [1.29, 1.82) is 0 Å². The van der Waals surface area contributed by atoms with Gasteiger partial charge in [-0.25, -0.2) is 4.98 Å². The van der Waals surface area contributed by atoms with Gasteiger partial charge in [0.15, 0.2) is 0 Å². The SMILES string of the molecule is Cc1nc(C)c(C(=O)N2CCc3c(cnc(C)c3CNC(=O)/C=C/c3cccs3)C2)s1. The van der Waals surface area contributed by atoms with Gasteiger partial charge in [0.05, 0.1) is 10.7 Å². The van der Waals surface area contributed by atoms with Gasteiger partial charge < -0.3 is 10.2 Å². The Morgan fingerprint density at radius 3 is 2.81 bits per heavy atom. The molecule has 1 N–H and O–H groups in total. The molecule has 4 heterocycles. The maximum atomic E-state index is 13.0. The number of amides is 2. The third kappa shape index (κ3) is 4.75. The number of nitrogens with zero attached hydrogens (tertiary/aromatic N) is 3. The molecule has 3 aromatic heterocycles. The summed E-state index contributed by atoms with van der Waals surface area (Å²) >= 11 is 3.04. The van der Waals surface area contributed by atoms with Gasteiger partial charge in [-0.15, -0.1) is 22.7 Å². The average molecular weight is 453 g/mol. The minimum Gasteiger partial charge on any atom is -0.348 e. The van der Waals surface area contributed by atoms with E-state index in [-0.39, 0.29) is 11.8 Å². The predicted octanol–water partition coefficient (Wildman–Crippen LogP) is 4.05. The molecule has 0 saturated heterocycles. The maximum absolute atomic E-state index is 13.0. The molecule has 0 saturated carbocycles. The summed E-state index contributed by atoms with van der Waals surface area (Å²) in [6.07, 6.45) is 5.98. The predicted molar refractivity (Wildman–Crippen MR) is 124 cm³/mol. The first-order valence-electron chi connectivity index (χ1n) is 10.1. The van der Waals surface area contributed by atoms with Gasteiger partial charge >= 0.3 is 0 Å². The zero-order chi connectivity index (χ0) is 22.0. The number of aryl methyl sites for hydroxylation is 3. The number of thiophene rings is 1. The number of carbonyl (C=O) groups excluding carboxylic acids is 2. The number of hydrogen-bond donors (Lipinski definition) is 1. The lowest BCUT2D eigenvalue weighted by molar-refractivity contribution is -0.116. The Labute approximate surface area is 189 Å². The second kappa shape index (κ2) is 9.11. The summed E-state index contributed by atoms with van der Waals surface area (Å²) in [6, 6.07) is 3.93. The molecule has 0 unspecified atom stereocenters. The first kappa shape index (κ1) is 21.4. The summed E-state index contributed by atoms with van der Waals surface area (Å²) in [7, 11) is 0. The maximum Gasteiger partial charge on any atom is 0.266 e. The number of carbonyl (C=O) groups is 2. The van der Waals surface area contributed by atoms with E-state index in [0.717, 1.165) is 38.8 Å². The van der Waals surface area contributed by atoms with E-state index in [1.165, 1.54) is 16.9 Å². The number of aromatic nitrogens is 2. The van der Waals surface area contributed by atoms with Crippen LogP contribution in [0, 0.1) is 20.8 Å². The molecular formula is C23H24N4O2S2. The molecule has 2 amide bonds. The minimum atomic E-state index is -0.131. The van der Waals surface area contributed by atoms with Gasteiger partial charge in [-0.2, -0.15) is 0 Å². The van der Waals surface area contributed by atoms with Crippen LogP contribution in [-0.2, 0) is 24.3 Å². The second-order valence-electron chi connectivity index (χ2n) is 7.52. The molecule has 0 aromatic carbocycles. The van der Waals surface area contributed by atoms with Crippen LogP contribution < -0.4 is 5.32 Å². The largest absolute Gasteiger partial charge is 0.348 e. The number of thiazole rings is 1. The van der Waals surface area contributed by atoms with Crippen LogP contribution in [0.1, 0.15) is 47.6 Å². The Kier molecular flexibility index (Phi) is 6.29. The highest BCUT2D eigenvalue weighted by Gasteiger charge is 2.27. The number of rotatable bonds is 5. The lowest BCUT2D eigenvalue weighted by Crippen LogP contribution is -2.37. The van der Waals surface area contributed by atoms with E-state index < -0.39 is 0 Å². The molecule has 0 spiro atoms. The molecule has 160 valence electrons. The van der Waals surface area contributed by atoms with Gasteiger partial charge in [0.25, 0.3) is 5.91 Å². The zero-order valence-corrected chi connectivity index (χ0v) is 19.4. The number of pyridine rings is 1. The summed E-state index contributed by atoms with van der Waals surface area (Å²) in [5, 5.41) is 5.86. The molecular weight excluding hydrogens is 428 g/mol. The van der Waals surface area contributed by atoms with Crippen LogP contribution in [0.3, 0.4) is 0 Å². The van der Waals surface area contributed by atoms with E-state index >= 15 is 0 Å². The van der Waals surface area contributed by atoms with Crippen molar-refractivity contribution in [3.05, 3.63) is 72.6 Å². The third-order valence-electron chi connectivity index (χ3n) is 5.36. The number of fused-ring (bicyclic) bond motifs is 1. The van der Waals surface area contributed by atoms with Crippen LogP contribution in [0.25, 0.3) is 6.08 Å². The molecule has 0 atom stereocenters. The quantitative estimate of drug-likeness (QED) is 0.593. The summed E-state index contributed by atoms with van der Waals surface area (Å²) in [5.41, 5.74) is 4.99. The van der Waals surface area contributed by atoms with Crippen molar-refractivity contribution in [2.45, 2.75) is 40.3 Å². The van der Waals surface area contributed by atoms with Crippen molar-refractivity contribution >= 4 is 40.6 Å². The monoisotopic (exact) mass is 452 g/mol. The molecule has 31 heavy (non-hydrogen) atoms. The molecule has 8 heteroatoms. The van der Waals surface area contributed by atoms with Crippen molar-refractivity contribution in [3.63, 3.8) is 0 Å². The van der Waals surface area contributed by atoms with E-state index in [0.29, 0.717) is 24.5 Å². The minimum absolute atomic E-state index is 0.0305. The van der Waals surface area contributed by atoms with Gasteiger partial charge in [-0.05, 0) is 61.4 Å². The van der Waals surface area contributed by atoms with E-state index in [1.54, 1.807) is 17.4 Å². The number of nitrogens with one attached hydrogen (secondary N) is 1. The van der Waals surface area contributed by atoms with Gasteiger partial charge in [0.2, 0.25) is 5.91 Å². The van der Waals surface area contributed by atoms with Crippen LogP contribution >= 0.6 is 22.7 Å². The summed E-state index contributed by atoms with van der Waals surface area (Å²) in [6.45, 7) is 7.36. The molecule has 4 rings (SSSR count). The van der Waals surface area contributed by atoms with E-state index in [2.05, 4.69) is 15.3 Å². The highest BCUT2D eigenvalue weighted by Crippen LogP contribution is 2.27. The van der Waals surface area contributed by atoms with Crippen molar-refractivity contribution in [3.8, 4) is 0 Å². The van der Waals surface area contributed by atoms with Gasteiger partial charge in [0, 0.05) is 42.5 Å². The van der Waals surface area contributed by atoms with Crippen molar-refractivity contribution < 1.29 is 9.59 Å². The molecule has 6 nitrogen and oxygen atoms in total. The molecule has 0 fully saturated rings. The topological polar surface area (TPSA) is 75.2 Å². The normalized spacial score (nSPS) is 13.5. The second-order valence-corrected chi connectivity index (χ2v) is 9.70. The average Bonchev–Trinajstić information content (AvgIpc) is 3.39. The van der Waals surface area contributed by atoms with Crippen molar-refractivity contribution in [1.82, 2.24) is 20.2 Å². The summed E-state index contributed by atoms with van der Waals surface area (Å²) < 4.78 is 0. The van der Waals surface area contributed by atoms with Gasteiger partial charge in [0.1, 0.15) is 4.88 Å². The fraction of sp³-hybridized carbons (Fsp3) is 0.304. The molecule has 0 bridgehead atoms. The Hall–Kier alpha value is -2.84. The Balaban J connectivity index is 1.46.